The van der Waals surface area contributed by atoms with Gasteiger partial charge in [-0.2, -0.15) is 0 Å². The van der Waals surface area contributed by atoms with Crippen LogP contribution < -0.4 is 0 Å². The number of hydrogen-bond acceptors (Lipinski definition) is 2. The number of carbonyl (C=O) groups excluding carboxylic acids is 1. The lowest BCUT2D eigenvalue weighted by molar-refractivity contribution is 0.0597. The molecular weight excluding hydrogens is 236 g/mol. The number of hydrogen-bond donors (Lipinski definition) is 0. The van der Waals surface area contributed by atoms with E-state index in [1.807, 2.05) is 0 Å². The van der Waals surface area contributed by atoms with Crippen LogP contribution in [0.4, 0.5) is 0 Å². The van der Waals surface area contributed by atoms with E-state index in [1.165, 1.54) is 60.6 Å². The van der Waals surface area contributed by atoms with Crippen molar-refractivity contribution in [3.63, 3.8) is 0 Å². The number of carbonyl (C=O) groups is 1. The van der Waals surface area contributed by atoms with Gasteiger partial charge in [-0.1, -0.05) is 0 Å². The molecule has 3 rings (SSSR count). The minimum absolute atomic E-state index is 0.115. The molecule has 0 amide bonds. The average molecular weight is 258 g/mol. The summed E-state index contributed by atoms with van der Waals surface area (Å²) in [6, 6.07) is 0. The van der Waals surface area contributed by atoms with Gasteiger partial charge in [0.1, 0.15) is 0 Å². The highest BCUT2D eigenvalue weighted by atomic mass is 16.5. The molecule has 0 bridgehead atoms. The Labute approximate surface area is 115 Å². The zero-order valence-corrected chi connectivity index (χ0v) is 12.0. The minimum Gasteiger partial charge on any atom is -0.465 e. The smallest absolute Gasteiger partial charge is 0.338 e. The van der Waals surface area contributed by atoms with Crippen LogP contribution in [0.2, 0.25) is 0 Å². The molecule has 0 atom stereocenters. The van der Waals surface area contributed by atoms with Gasteiger partial charge in [0.25, 0.3) is 0 Å². The summed E-state index contributed by atoms with van der Waals surface area (Å²) in [6.07, 6.45) is 9.30. The predicted octanol–water partition coefficient (Wildman–Crippen LogP) is 3.54. The molecule has 0 aliphatic heterocycles. The van der Waals surface area contributed by atoms with Crippen LogP contribution in [-0.2, 0) is 30.4 Å². The highest BCUT2D eigenvalue weighted by Crippen LogP contribution is 2.37. The second-order valence-electron chi connectivity index (χ2n) is 5.82. The Morgan fingerprint density at radius 1 is 0.842 bits per heavy atom. The van der Waals surface area contributed by atoms with Gasteiger partial charge in [0.15, 0.2) is 0 Å². The molecule has 2 nitrogen and oxygen atoms in total. The van der Waals surface area contributed by atoms with Crippen LogP contribution in [-0.4, -0.2) is 13.1 Å². The molecule has 0 saturated heterocycles. The molecule has 2 heteroatoms. The van der Waals surface area contributed by atoms with Crippen molar-refractivity contribution in [2.45, 2.75) is 58.3 Å². The van der Waals surface area contributed by atoms with Crippen LogP contribution >= 0.6 is 0 Å². The lowest BCUT2D eigenvalue weighted by Gasteiger charge is -2.29. The molecule has 0 heterocycles. The molecule has 0 fully saturated rings. The number of rotatable bonds is 1. The molecule has 0 unspecified atom stereocenters. The van der Waals surface area contributed by atoms with Gasteiger partial charge in [-0.15, -0.1) is 0 Å². The number of methoxy groups -OCH3 is 1. The molecule has 2 aliphatic rings. The summed E-state index contributed by atoms with van der Waals surface area (Å²) in [7, 11) is 1.51. The predicted molar refractivity (Wildman–Crippen MR) is 75.8 cm³/mol. The number of fused-ring (bicyclic) bond motifs is 2. The summed E-state index contributed by atoms with van der Waals surface area (Å²) in [5.74, 6) is -0.115. The van der Waals surface area contributed by atoms with E-state index in [9.17, 15) is 4.79 Å². The van der Waals surface area contributed by atoms with Gasteiger partial charge < -0.3 is 4.74 Å². The summed E-state index contributed by atoms with van der Waals surface area (Å²) < 4.78 is 5.07. The van der Waals surface area contributed by atoms with Gasteiger partial charge in [-0.25, -0.2) is 4.79 Å². The van der Waals surface area contributed by atoms with Gasteiger partial charge in [-0.05, 0) is 86.1 Å². The summed E-state index contributed by atoms with van der Waals surface area (Å²) in [4.78, 5) is 12.2. The van der Waals surface area contributed by atoms with Crippen LogP contribution in [0.25, 0.3) is 0 Å². The third kappa shape index (κ3) is 1.98. The van der Waals surface area contributed by atoms with Gasteiger partial charge in [-0.3, -0.25) is 0 Å². The van der Waals surface area contributed by atoms with Gasteiger partial charge in [0.05, 0.1) is 12.7 Å². The van der Waals surface area contributed by atoms with Crippen molar-refractivity contribution in [2.24, 2.45) is 0 Å². The fourth-order valence-corrected chi connectivity index (χ4v) is 3.90. The Morgan fingerprint density at radius 3 is 1.68 bits per heavy atom. The standard InChI is InChI=1S/C17H22O2/c1-11-12-7-3-5-9-14(12)16(17(18)19-2)15-10-6-4-8-13(11)15/h3-10H2,1-2H3. The van der Waals surface area contributed by atoms with E-state index in [4.69, 9.17) is 4.74 Å². The van der Waals surface area contributed by atoms with Crippen LogP contribution in [0.1, 0.15) is 63.9 Å². The molecule has 1 aromatic carbocycles. The maximum absolute atomic E-state index is 12.2. The van der Waals surface area contributed by atoms with Gasteiger partial charge >= 0.3 is 5.97 Å². The maximum Gasteiger partial charge on any atom is 0.338 e. The SMILES string of the molecule is COC(=O)c1c2c(c(C)c3c1CCCC3)CCCC2. The topological polar surface area (TPSA) is 26.3 Å². The van der Waals surface area contributed by atoms with Crippen molar-refractivity contribution in [1.29, 1.82) is 0 Å². The van der Waals surface area contributed by atoms with E-state index in [-0.39, 0.29) is 5.97 Å². The number of benzene rings is 1. The maximum atomic E-state index is 12.2. The Hall–Kier alpha value is -1.31. The molecule has 19 heavy (non-hydrogen) atoms. The second-order valence-corrected chi connectivity index (χ2v) is 5.82. The second kappa shape index (κ2) is 4.99. The van der Waals surface area contributed by atoms with Gasteiger partial charge in [0.2, 0.25) is 0 Å². The summed E-state index contributed by atoms with van der Waals surface area (Å²) in [6.45, 7) is 2.26. The minimum atomic E-state index is -0.115. The normalized spacial score (nSPS) is 17.6. The van der Waals surface area contributed by atoms with E-state index in [0.717, 1.165) is 31.2 Å². The molecule has 0 spiro atoms. The quantitative estimate of drug-likeness (QED) is 0.720. The summed E-state index contributed by atoms with van der Waals surface area (Å²) >= 11 is 0. The van der Waals surface area contributed by atoms with Crippen LogP contribution in [0, 0.1) is 6.92 Å². The van der Waals surface area contributed by atoms with E-state index in [2.05, 4.69) is 6.92 Å². The van der Waals surface area contributed by atoms with E-state index in [1.54, 1.807) is 0 Å². The molecule has 1 aromatic rings. The first-order valence-electron chi connectivity index (χ1n) is 7.48. The first-order chi connectivity index (χ1) is 9.24. The Bertz CT molecular complexity index is 492. The monoisotopic (exact) mass is 258 g/mol. The largest absolute Gasteiger partial charge is 0.465 e. The third-order valence-electron chi connectivity index (χ3n) is 4.83. The van der Waals surface area contributed by atoms with E-state index >= 15 is 0 Å². The van der Waals surface area contributed by atoms with Crippen molar-refractivity contribution >= 4 is 5.97 Å². The summed E-state index contributed by atoms with van der Waals surface area (Å²) in [5, 5.41) is 0. The zero-order valence-electron chi connectivity index (χ0n) is 12.0. The first kappa shape index (κ1) is 12.7. The van der Waals surface area contributed by atoms with Crippen molar-refractivity contribution in [1.82, 2.24) is 0 Å². The fourth-order valence-electron chi connectivity index (χ4n) is 3.90. The average Bonchev–Trinajstić information content (AvgIpc) is 2.47. The summed E-state index contributed by atoms with van der Waals surface area (Å²) in [5.41, 5.74) is 7.90. The third-order valence-corrected chi connectivity index (χ3v) is 4.83. The highest BCUT2D eigenvalue weighted by Gasteiger charge is 2.28. The van der Waals surface area contributed by atoms with Crippen molar-refractivity contribution < 1.29 is 9.53 Å². The number of esters is 1. The first-order valence-corrected chi connectivity index (χ1v) is 7.48. The Kier molecular flexibility index (Phi) is 3.34. The Balaban J connectivity index is 2.28. The molecule has 0 saturated carbocycles. The Morgan fingerprint density at radius 2 is 1.26 bits per heavy atom. The van der Waals surface area contributed by atoms with Crippen molar-refractivity contribution in [2.75, 3.05) is 7.11 Å². The molecule has 0 N–H and O–H groups in total. The lowest BCUT2D eigenvalue weighted by atomic mass is 9.76. The van der Waals surface area contributed by atoms with Crippen LogP contribution in [0.3, 0.4) is 0 Å². The van der Waals surface area contributed by atoms with Crippen molar-refractivity contribution in [3.8, 4) is 0 Å². The zero-order chi connectivity index (χ0) is 13.4. The molecule has 2 aliphatic carbocycles. The molecule has 0 aromatic heterocycles. The van der Waals surface area contributed by atoms with Gasteiger partial charge in [0, 0.05) is 0 Å². The van der Waals surface area contributed by atoms with Crippen LogP contribution in [0.5, 0.6) is 0 Å². The van der Waals surface area contributed by atoms with Crippen LogP contribution in [0.15, 0.2) is 0 Å². The van der Waals surface area contributed by atoms with E-state index < -0.39 is 0 Å². The number of ether oxygens (including phenoxy) is 1. The van der Waals surface area contributed by atoms with Crippen molar-refractivity contribution in [3.05, 3.63) is 33.4 Å². The molecular formula is C17H22O2. The highest BCUT2D eigenvalue weighted by molar-refractivity contribution is 5.94. The lowest BCUT2D eigenvalue weighted by Crippen LogP contribution is -2.21. The molecule has 0 radical (unpaired) electrons. The van der Waals surface area contributed by atoms with E-state index in [0.29, 0.717) is 0 Å². The fraction of sp³-hybridized carbons (Fsp3) is 0.588. The molecule has 102 valence electrons.